The summed E-state index contributed by atoms with van der Waals surface area (Å²) < 4.78 is 0. The van der Waals surface area contributed by atoms with Crippen molar-refractivity contribution in [3.63, 3.8) is 0 Å². The highest BCUT2D eigenvalue weighted by molar-refractivity contribution is 7.18. The first-order valence-electron chi connectivity index (χ1n) is 6.81. The Hall–Kier alpha value is -1.30. The van der Waals surface area contributed by atoms with E-state index >= 15 is 0 Å². The van der Waals surface area contributed by atoms with Crippen LogP contribution < -0.4 is 16.4 Å². The zero-order chi connectivity index (χ0) is 13.6. The van der Waals surface area contributed by atoms with Crippen LogP contribution in [-0.2, 0) is 0 Å². The molecule has 19 heavy (non-hydrogen) atoms. The summed E-state index contributed by atoms with van der Waals surface area (Å²) >= 11 is 1.35. The first kappa shape index (κ1) is 12.7. The Balaban J connectivity index is 1.69. The molecule has 1 heterocycles. The molecule has 0 bridgehead atoms. The molecule has 0 saturated heterocycles. The topological polar surface area (TPSA) is 80.0 Å². The minimum Gasteiger partial charge on any atom is -0.382 e. The van der Waals surface area contributed by atoms with Gasteiger partial charge in [-0.05, 0) is 45.4 Å². The van der Waals surface area contributed by atoms with Gasteiger partial charge in [-0.3, -0.25) is 4.79 Å². The summed E-state index contributed by atoms with van der Waals surface area (Å²) in [5.41, 5.74) is 5.69. The Bertz CT molecular complexity index is 503. The van der Waals surface area contributed by atoms with Crippen molar-refractivity contribution in [1.29, 1.82) is 0 Å². The molecule has 0 aliphatic heterocycles. The van der Waals surface area contributed by atoms with Crippen LogP contribution in [0.3, 0.4) is 0 Å². The maximum Gasteiger partial charge on any atom is 0.265 e. The normalized spacial score (nSPS) is 19.3. The lowest BCUT2D eigenvalue weighted by atomic mass is 9.99. The predicted molar refractivity (Wildman–Crippen MR) is 77.4 cm³/mol. The molecule has 104 valence electrons. The van der Waals surface area contributed by atoms with Gasteiger partial charge in [0.1, 0.15) is 10.7 Å². The molecule has 0 unspecified atom stereocenters. The van der Waals surface area contributed by atoms with E-state index in [1.807, 2.05) is 0 Å². The number of nitrogens with one attached hydrogen (secondary N) is 2. The van der Waals surface area contributed by atoms with Crippen LogP contribution in [0.4, 0.5) is 10.9 Å². The van der Waals surface area contributed by atoms with E-state index in [9.17, 15) is 4.79 Å². The molecule has 1 amide bonds. The molecule has 6 heteroatoms. The molecule has 2 fully saturated rings. The number of nitrogens with two attached hydrogens (primary N) is 1. The van der Waals surface area contributed by atoms with Crippen molar-refractivity contribution in [2.45, 2.75) is 51.1 Å². The summed E-state index contributed by atoms with van der Waals surface area (Å²) in [4.78, 5) is 17.0. The molecule has 1 aromatic heterocycles. The van der Waals surface area contributed by atoms with Crippen LogP contribution in [0.5, 0.6) is 0 Å². The van der Waals surface area contributed by atoms with Gasteiger partial charge in [-0.2, -0.15) is 0 Å². The third kappa shape index (κ3) is 2.83. The highest BCUT2D eigenvalue weighted by Crippen LogP contribution is 2.39. The number of carbonyl (C=O) groups is 1. The Morgan fingerprint density at radius 1 is 1.37 bits per heavy atom. The minimum absolute atomic E-state index is 0.101. The van der Waals surface area contributed by atoms with Crippen LogP contribution in [0.2, 0.25) is 0 Å². The average Bonchev–Trinajstić information content (AvgIpc) is 3.17. The second-order valence-corrected chi connectivity index (χ2v) is 7.10. The van der Waals surface area contributed by atoms with Crippen LogP contribution in [0.15, 0.2) is 0 Å². The van der Waals surface area contributed by atoms with Crippen molar-refractivity contribution in [1.82, 2.24) is 10.3 Å². The van der Waals surface area contributed by atoms with Gasteiger partial charge in [0.2, 0.25) is 0 Å². The summed E-state index contributed by atoms with van der Waals surface area (Å²) in [5, 5.41) is 7.12. The Morgan fingerprint density at radius 2 is 2.05 bits per heavy atom. The Morgan fingerprint density at radius 3 is 2.63 bits per heavy atom. The van der Waals surface area contributed by atoms with E-state index in [0.29, 0.717) is 22.7 Å². The summed E-state index contributed by atoms with van der Waals surface area (Å²) in [6, 6.07) is 0.518. The van der Waals surface area contributed by atoms with Crippen LogP contribution in [-0.4, -0.2) is 22.5 Å². The number of rotatable bonds is 5. The molecule has 0 aromatic carbocycles. The lowest BCUT2D eigenvalue weighted by Gasteiger charge is -2.25. The number of carbonyl (C=O) groups excluding carboxylic acids is 1. The molecule has 2 aliphatic rings. The summed E-state index contributed by atoms with van der Waals surface area (Å²) in [6.07, 6.45) is 4.74. The van der Waals surface area contributed by atoms with Crippen LogP contribution in [0.25, 0.3) is 0 Å². The van der Waals surface area contributed by atoms with E-state index in [1.165, 1.54) is 37.0 Å². The van der Waals surface area contributed by atoms with E-state index in [1.54, 1.807) is 0 Å². The summed E-state index contributed by atoms with van der Waals surface area (Å²) in [6.45, 7) is 4.15. The third-order valence-corrected chi connectivity index (χ3v) is 4.80. The van der Waals surface area contributed by atoms with Gasteiger partial charge in [0, 0.05) is 11.6 Å². The van der Waals surface area contributed by atoms with Gasteiger partial charge >= 0.3 is 0 Å². The predicted octanol–water partition coefficient (Wildman–Crippen LogP) is 2.22. The van der Waals surface area contributed by atoms with Gasteiger partial charge in [0.05, 0.1) is 0 Å². The maximum absolute atomic E-state index is 12.3. The van der Waals surface area contributed by atoms with Crippen molar-refractivity contribution >= 4 is 28.2 Å². The molecule has 4 N–H and O–H groups in total. The summed E-state index contributed by atoms with van der Waals surface area (Å²) in [7, 11) is 0. The van der Waals surface area contributed by atoms with E-state index < -0.39 is 0 Å². The maximum atomic E-state index is 12.3. The second-order valence-electron chi connectivity index (χ2n) is 6.10. The molecule has 0 atom stereocenters. The van der Waals surface area contributed by atoms with E-state index in [4.69, 9.17) is 5.73 Å². The quantitative estimate of drug-likeness (QED) is 0.772. The Kier molecular flexibility index (Phi) is 2.92. The molecule has 0 spiro atoms. The molecule has 2 saturated carbocycles. The molecule has 5 nitrogen and oxygen atoms in total. The van der Waals surface area contributed by atoms with Gasteiger partial charge in [0.25, 0.3) is 5.91 Å². The fraction of sp³-hybridized carbons (Fsp3) is 0.692. The lowest BCUT2D eigenvalue weighted by Crippen LogP contribution is -2.45. The third-order valence-electron chi connectivity index (χ3n) is 3.80. The number of nitrogen functional groups attached to an aromatic ring is 1. The highest BCUT2D eigenvalue weighted by atomic mass is 32.1. The number of thiazole rings is 1. The van der Waals surface area contributed by atoms with Gasteiger partial charge in [-0.1, -0.05) is 11.3 Å². The first-order chi connectivity index (χ1) is 8.95. The van der Waals surface area contributed by atoms with E-state index in [0.717, 1.165) is 5.13 Å². The first-order valence-corrected chi connectivity index (χ1v) is 7.63. The fourth-order valence-electron chi connectivity index (χ4n) is 2.22. The average molecular weight is 280 g/mol. The van der Waals surface area contributed by atoms with Crippen molar-refractivity contribution in [2.75, 3.05) is 11.1 Å². The van der Waals surface area contributed by atoms with Gasteiger partial charge in [-0.25, -0.2) is 4.98 Å². The number of nitrogens with zero attached hydrogens (tertiary/aromatic N) is 1. The number of hydrogen-bond acceptors (Lipinski definition) is 5. The highest BCUT2D eigenvalue weighted by Gasteiger charge is 2.39. The zero-order valence-electron chi connectivity index (χ0n) is 11.3. The summed E-state index contributed by atoms with van der Waals surface area (Å²) in [5.74, 6) is 0.822. The van der Waals surface area contributed by atoms with Crippen LogP contribution in [0, 0.1) is 5.92 Å². The fourth-order valence-corrected chi connectivity index (χ4v) is 3.07. The number of hydrogen-bond donors (Lipinski definition) is 3. The Labute approximate surface area is 117 Å². The molecule has 3 rings (SSSR count). The van der Waals surface area contributed by atoms with Crippen molar-refractivity contribution in [2.24, 2.45) is 5.92 Å². The number of amides is 1. The van der Waals surface area contributed by atoms with Crippen LogP contribution >= 0.6 is 11.3 Å². The van der Waals surface area contributed by atoms with E-state index in [2.05, 4.69) is 29.5 Å². The molecular formula is C13H20N4OS. The SMILES string of the molecule is CC(C)(NC(=O)c1sc(NC2CC2)nc1N)C1CC1. The zero-order valence-corrected chi connectivity index (χ0v) is 12.1. The molecule has 0 radical (unpaired) electrons. The van der Waals surface area contributed by atoms with Gasteiger partial charge in [-0.15, -0.1) is 0 Å². The molecule has 2 aliphatic carbocycles. The standard InChI is InChI=1S/C13H20N4OS/c1-13(2,7-3-4-7)17-11(18)9-10(14)16-12(19-9)15-8-5-6-8/h7-8H,3-6,14H2,1-2H3,(H,15,16)(H,17,18). The van der Waals surface area contributed by atoms with Crippen molar-refractivity contribution < 1.29 is 4.79 Å². The minimum atomic E-state index is -0.155. The smallest absolute Gasteiger partial charge is 0.265 e. The van der Waals surface area contributed by atoms with E-state index in [-0.39, 0.29) is 11.4 Å². The molecule has 1 aromatic rings. The van der Waals surface area contributed by atoms with Crippen molar-refractivity contribution in [3.05, 3.63) is 4.88 Å². The number of aromatic nitrogens is 1. The van der Waals surface area contributed by atoms with Gasteiger partial charge in [0.15, 0.2) is 5.13 Å². The van der Waals surface area contributed by atoms with Gasteiger partial charge < -0.3 is 16.4 Å². The molecular weight excluding hydrogens is 260 g/mol. The monoisotopic (exact) mass is 280 g/mol. The van der Waals surface area contributed by atoms with Crippen LogP contribution in [0.1, 0.15) is 49.2 Å². The number of anilines is 2. The second kappa shape index (κ2) is 4.37. The largest absolute Gasteiger partial charge is 0.382 e. The lowest BCUT2D eigenvalue weighted by molar-refractivity contribution is 0.0908. The van der Waals surface area contributed by atoms with Crippen molar-refractivity contribution in [3.8, 4) is 0 Å².